The fourth-order valence-electron chi connectivity index (χ4n) is 3.49. The van der Waals surface area contributed by atoms with Gasteiger partial charge in [-0.15, -0.1) is 24.8 Å². The molecule has 2 saturated heterocycles. The van der Waals surface area contributed by atoms with Crippen LogP contribution >= 0.6 is 24.8 Å². The summed E-state index contributed by atoms with van der Waals surface area (Å²) in [4.78, 5) is 9.32. The van der Waals surface area contributed by atoms with Crippen molar-refractivity contribution in [2.75, 3.05) is 52.4 Å². The Balaban J connectivity index is 0.00000144. The van der Waals surface area contributed by atoms with E-state index in [9.17, 15) is 5.11 Å². The molecule has 0 radical (unpaired) electrons. The summed E-state index contributed by atoms with van der Waals surface area (Å²) in [5.41, 5.74) is 0.654. The molecular weight excluding hydrogens is 347 g/mol. The van der Waals surface area contributed by atoms with Gasteiger partial charge < -0.3 is 15.3 Å². The van der Waals surface area contributed by atoms with E-state index < -0.39 is 5.60 Å². The van der Waals surface area contributed by atoms with Crippen molar-refractivity contribution in [3.63, 3.8) is 0 Å². The Kier molecular flexibility index (Phi) is 9.49. The van der Waals surface area contributed by atoms with Crippen LogP contribution in [0.15, 0.2) is 24.4 Å². The van der Waals surface area contributed by atoms with Crippen LogP contribution in [0.5, 0.6) is 0 Å². The van der Waals surface area contributed by atoms with E-state index in [4.69, 9.17) is 0 Å². The van der Waals surface area contributed by atoms with E-state index in [0.717, 1.165) is 71.6 Å². The fourth-order valence-corrected chi connectivity index (χ4v) is 3.49. The first-order valence-electron chi connectivity index (χ1n) is 8.51. The van der Waals surface area contributed by atoms with E-state index in [1.54, 1.807) is 0 Å². The smallest absolute Gasteiger partial charge is 0.0898 e. The second-order valence-electron chi connectivity index (χ2n) is 6.69. The van der Waals surface area contributed by atoms with Crippen LogP contribution in [0.1, 0.15) is 18.5 Å². The molecule has 7 heteroatoms. The molecule has 24 heavy (non-hydrogen) atoms. The summed E-state index contributed by atoms with van der Waals surface area (Å²) >= 11 is 0. The average molecular weight is 377 g/mol. The Morgan fingerprint density at radius 2 is 1.88 bits per heavy atom. The first kappa shape index (κ1) is 21.6. The minimum atomic E-state index is -0.519. The molecule has 0 aliphatic carbocycles. The number of pyridine rings is 1. The van der Waals surface area contributed by atoms with Gasteiger partial charge in [-0.05, 0) is 31.5 Å². The highest BCUT2D eigenvalue weighted by atomic mass is 35.5. The molecule has 2 N–H and O–H groups in total. The van der Waals surface area contributed by atoms with Crippen molar-refractivity contribution in [3.05, 3.63) is 30.1 Å². The molecule has 2 aliphatic heterocycles. The number of aliphatic hydroxyl groups is 1. The Labute approximate surface area is 157 Å². The van der Waals surface area contributed by atoms with Gasteiger partial charge in [-0.2, -0.15) is 0 Å². The monoisotopic (exact) mass is 376 g/mol. The number of nitrogens with one attached hydrogen (secondary N) is 1. The molecule has 138 valence electrons. The number of rotatable bonds is 5. The maximum Gasteiger partial charge on any atom is 0.0898 e. The van der Waals surface area contributed by atoms with E-state index in [2.05, 4.69) is 32.2 Å². The van der Waals surface area contributed by atoms with Crippen LogP contribution in [0, 0.1) is 0 Å². The summed E-state index contributed by atoms with van der Waals surface area (Å²) in [7, 11) is 0. The van der Waals surface area contributed by atoms with E-state index in [0.29, 0.717) is 0 Å². The highest BCUT2D eigenvalue weighted by Crippen LogP contribution is 2.18. The van der Waals surface area contributed by atoms with Gasteiger partial charge in [0.15, 0.2) is 0 Å². The molecule has 2 aliphatic rings. The van der Waals surface area contributed by atoms with Crippen LogP contribution in [0.25, 0.3) is 0 Å². The van der Waals surface area contributed by atoms with Gasteiger partial charge in [0.2, 0.25) is 0 Å². The topological polar surface area (TPSA) is 51.6 Å². The Morgan fingerprint density at radius 1 is 1.12 bits per heavy atom. The van der Waals surface area contributed by atoms with Crippen molar-refractivity contribution in [2.45, 2.75) is 24.9 Å². The van der Waals surface area contributed by atoms with Crippen molar-refractivity contribution in [2.24, 2.45) is 0 Å². The second-order valence-corrected chi connectivity index (χ2v) is 6.69. The zero-order chi connectivity index (χ0) is 15.3. The van der Waals surface area contributed by atoms with Gasteiger partial charge in [0.1, 0.15) is 0 Å². The van der Waals surface area contributed by atoms with Gasteiger partial charge in [0, 0.05) is 64.1 Å². The van der Waals surface area contributed by atoms with Gasteiger partial charge >= 0.3 is 0 Å². The number of hydrogen-bond acceptors (Lipinski definition) is 5. The van der Waals surface area contributed by atoms with E-state index in [1.807, 2.05) is 12.3 Å². The molecule has 2 fully saturated rings. The number of hydrogen-bond donors (Lipinski definition) is 2. The first-order valence-corrected chi connectivity index (χ1v) is 8.51. The summed E-state index contributed by atoms with van der Waals surface area (Å²) in [6.07, 6.45) is 4.90. The third kappa shape index (κ3) is 6.47. The van der Waals surface area contributed by atoms with Crippen LogP contribution in [-0.2, 0) is 6.42 Å². The summed E-state index contributed by atoms with van der Waals surface area (Å²) in [6, 6.07) is 6.12. The molecule has 0 bridgehead atoms. The molecule has 1 atom stereocenters. The lowest BCUT2D eigenvalue weighted by Gasteiger charge is -2.41. The molecule has 0 aromatic carbocycles. The van der Waals surface area contributed by atoms with Crippen molar-refractivity contribution in [1.82, 2.24) is 20.1 Å². The third-order valence-corrected chi connectivity index (χ3v) is 4.84. The number of halogens is 2. The summed E-state index contributed by atoms with van der Waals surface area (Å²) in [5.74, 6) is 0. The quantitative estimate of drug-likeness (QED) is 0.808. The lowest BCUT2D eigenvalue weighted by Crippen LogP contribution is -2.56. The molecule has 1 aromatic heterocycles. The predicted molar refractivity (Wildman–Crippen MR) is 102 cm³/mol. The second kappa shape index (κ2) is 10.5. The Hall–Kier alpha value is -0.430. The normalized spacial score (nSPS) is 25.5. The largest absolute Gasteiger partial charge is 0.387 e. The lowest BCUT2D eigenvalue weighted by molar-refractivity contribution is -0.0256. The Morgan fingerprint density at radius 3 is 2.50 bits per heavy atom. The lowest BCUT2D eigenvalue weighted by atomic mass is 9.93. The summed E-state index contributed by atoms with van der Waals surface area (Å²) < 4.78 is 0. The molecule has 3 rings (SSSR count). The molecular formula is C17H30Cl2N4O. The van der Waals surface area contributed by atoms with Crippen molar-refractivity contribution in [1.29, 1.82) is 0 Å². The third-order valence-electron chi connectivity index (χ3n) is 4.84. The Bertz CT molecular complexity index is 449. The summed E-state index contributed by atoms with van der Waals surface area (Å²) in [6.45, 7) is 7.99. The van der Waals surface area contributed by atoms with Gasteiger partial charge in [-0.3, -0.25) is 9.88 Å². The maximum atomic E-state index is 10.6. The van der Waals surface area contributed by atoms with Gasteiger partial charge in [0.25, 0.3) is 0 Å². The SMILES string of the molecule is Cl.Cl.OC1(CN2CCN(CCc3ccccn3)CC2)CCCNC1. The molecule has 0 amide bonds. The average Bonchev–Trinajstić information content (AvgIpc) is 2.55. The minimum absolute atomic E-state index is 0. The van der Waals surface area contributed by atoms with E-state index >= 15 is 0 Å². The molecule has 1 aromatic rings. The van der Waals surface area contributed by atoms with Gasteiger partial charge in [-0.1, -0.05) is 6.07 Å². The summed E-state index contributed by atoms with van der Waals surface area (Å²) in [5, 5.41) is 13.9. The number of piperidine rings is 1. The number of β-amino-alcohol motifs (C(OH)–C–C–N with tert-alkyl or cyclic N) is 1. The first-order chi connectivity index (χ1) is 10.7. The highest BCUT2D eigenvalue weighted by molar-refractivity contribution is 5.85. The number of aromatic nitrogens is 1. The molecule has 0 saturated carbocycles. The van der Waals surface area contributed by atoms with Crippen LogP contribution in [0.3, 0.4) is 0 Å². The molecule has 5 nitrogen and oxygen atoms in total. The standard InChI is InChI=1S/C17H28N4O.2ClH/c22-17(6-3-7-18-14-17)15-21-12-10-20(11-13-21)9-5-16-4-1-2-8-19-16;;/h1-2,4,8,18,22H,3,5-7,9-15H2;2*1H. The van der Waals surface area contributed by atoms with Crippen LogP contribution in [0.4, 0.5) is 0 Å². The minimum Gasteiger partial charge on any atom is -0.387 e. The molecule has 3 heterocycles. The fraction of sp³-hybridized carbons (Fsp3) is 0.706. The van der Waals surface area contributed by atoms with Crippen LogP contribution in [-0.4, -0.2) is 77.8 Å². The van der Waals surface area contributed by atoms with Crippen molar-refractivity contribution in [3.8, 4) is 0 Å². The van der Waals surface area contributed by atoms with Crippen LogP contribution < -0.4 is 5.32 Å². The van der Waals surface area contributed by atoms with E-state index in [1.165, 1.54) is 5.69 Å². The number of piperazine rings is 1. The maximum absolute atomic E-state index is 10.6. The number of nitrogens with zero attached hydrogens (tertiary/aromatic N) is 3. The highest BCUT2D eigenvalue weighted by Gasteiger charge is 2.32. The molecule has 1 unspecified atom stereocenters. The van der Waals surface area contributed by atoms with E-state index in [-0.39, 0.29) is 24.8 Å². The van der Waals surface area contributed by atoms with Gasteiger partial charge in [0.05, 0.1) is 5.60 Å². The zero-order valence-electron chi connectivity index (χ0n) is 14.2. The van der Waals surface area contributed by atoms with Crippen LogP contribution in [0.2, 0.25) is 0 Å². The zero-order valence-corrected chi connectivity index (χ0v) is 15.8. The molecule has 0 spiro atoms. The van der Waals surface area contributed by atoms with Crippen molar-refractivity contribution < 1.29 is 5.11 Å². The van der Waals surface area contributed by atoms with Gasteiger partial charge in [-0.25, -0.2) is 0 Å². The predicted octanol–water partition coefficient (Wildman–Crippen LogP) is 1.20. The van der Waals surface area contributed by atoms with Crippen molar-refractivity contribution >= 4 is 24.8 Å².